The number of ether oxygens (including phenoxy) is 1. The summed E-state index contributed by atoms with van der Waals surface area (Å²) in [5, 5.41) is 11.3. The number of phenols is 1. The predicted octanol–water partition coefficient (Wildman–Crippen LogP) is 3.48. The minimum atomic E-state index is 0.231. The molecule has 0 spiro atoms. The number of H-pyrrole nitrogens is 1. The highest BCUT2D eigenvalue weighted by Crippen LogP contribution is 2.32. The summed E-state index contributed by atoms with van der Waals surface area (Å²) in [7, 11) is 1.60. The highest BCUT2D eigenvalue weighted by atomic mass is 16.5. The summed E-state index contributed by atoms with van der Waals surface area (Å²) in [6.07, 6.45) is 4.15. The molecule has 0 fully saturated rings. The van der Waals surface area contributed by atoms with Crippen LogP contribution in [0.3, 0.4) is 0 Å². The number of nitrogens with one attached hydrogen (secondary N) is 1. The Kier molecular flexibility index (Phi) is 3.90. The molecule has 1 aliphatic rings. The largest absolute Gasteiger partial charge is 0.504 e. The molecule has 4 heteroatoms. The smallest absolute Gasteiger partial charge is 0.160 e. The van der Waals surface area contributed by atoms with Gasteiger partial charge in [-0.2, -0.15) is 0 Å². The SMILES string of the molecule is COc1cc2c(cc1O)CN(CCc1c[nH]c3ccccc13)CC2. The number of rotatable bonds is 4. The molecule has 24 heavy (non-hydrogen) atoms. The third-order valence-corrected chi connectivity index (χ3v) is 4.96. The highest BCUT2D eigenvalue weighted by molar-refractivity contribution is 5.83. The summed E-state index contributed by atoms with van der Waals surface area (Å²) in [6.45, 7) is 2.95. The monoisotopic (exact) mass is 322 g/mol. The van der Waals surface area contributed by atoms with Gasteiger partial charge in [0.25, 0.3) is 0 Å². The van der Waals surface area contributed by atoms with Crippen molar-refractivity contribution in [2.24, 2.45) is 0 Å². The molecule has 0 aliphatic carbocycles. The van der Waals surface area contributed by atoms with E-state index in [-0.39, 0.29) is 5.75 Å². The fourth-order valence-corrected chi connectivity index (χ4v) is 3.60. The number of aromatic amines is 1. The van der Waals surface area contributed by atoms with Gasteiger partial charge in [0.05, 0.1) is 7.11 Å². The van der Waals surface area contributed by atoms with Gasteiger partial charge in [-0.3, -0.25) is 4.90 Å². The van der Waals surface area contributed by atoms with Crippen LogP contribution in [0.2, 0.25) is 0 Å². The molecule has 0 unspecified atom stereocenters. The van der Waals surface area contributed by atoms with E-state index in [1.165, 1.54) is 27.6 Å². The Hall–Kier alpha value is -2.46. The average Bonchev–Trinajstić information content (AvgIpc) is 3.02. The lowest BCUT2D eigenvalue weighted by Crippen LogP contribution is -2.32. The number of nitrogens with zero attached hydrogens (tertiary/aromatic N) is 1. The zero-order valence-corrected chi connectivity index (χ0v) is 13.9. The lowest BCUT2D eigenvalue weighted by atomic mass is 9.98. The van der Waals surface area contributed by atoms with Crippen molar-refractivity contribution < 1.29 is 9.84 Å². The van der Waals surface area contributed by atoms with Crippen molar-refractivity contribution in [3.05, 3.63) is 59.3 Å². The Labute approximate surface area is 141 Å². The summed E-state index contributed by atoms with van der Waals surface area (Å²) < 4.78 is 5.21. The van der Waals surface area contributed by atoms with Crippen molar-refractivity contribution in [1.82, 2.24) is 9.88 Å². The molecule has 1 aromatic heterocycles. The van der Waals surface area contributed by atoms with Crippen LogP contribution in [0.25, 0.3) is 10.9 Å². The van der Waals surface area contributed by atoms with Crippen molar-refractivity contribution in [3.63, 3.8) is 0 Å². The van der Waals surface area contributed by atoms with Crippen molar-refractivity contribution >= 4 is 10.9 Å². The maximum absolute atomic E-state index is 10.0. The molecule has 0 bridgehead atoms. The zero-order chi connectivity index (χ0) is 16.5. The van der Waals surface area contributed by atoms with Gasteiger partial charge in [-0.25, -0.2) is 0 Å². The summed E-state index contributed by atoms with van der Waals surface area (Å²) in [6, 6.07) is 12.3. The maximum atomic E-state index is 10.0. The first kappa shape index (κ1) is 15.1. The summed E-state index contributed by atoms with van der Waals surface area (Å²) in [5.41, 5.74) is 5.06. The molecule has 0 atom stereocenters. The number of aromatic nitrogens is 1. The Bertz CT molecular complexity index is 869. The van der Waals surface area contributed by atoms with E-state index in [1.807, 2.05) is 12.1 Å². The molecule has 4 rings (SSSR count). The van der Waals surface area contributed by atoms with Gasteiger partial charge in [-0.05, 0) is 47.7 Å². The second-order valence-electron chi connectivity index (χ2n) is 6.43. The molecule has 2 N–H and O–H groups in total. The van der Waals surface area contributed by atoms with E-state index in [0.29, 0.717) is 5.75 Å². The fraction of sp³-hybridized carbons (Fsp3) is 0.300. The van der Waals surface area contributed by atoms with Crippen molar-refractivity contribution in [3.8, 4) is 11.5 Å². The first-order chi connectivity index (χ1) is 11.7. The minimum absolute atomic E-state index is 0.231. The van der Waals surface area contributed by atoms with Gasteiger partial charge in [0, 0.05) is 36.7 Å². The van der Waals surface area contributed by atoms with Gasteiger partial charge < -0.3 is 14.8 Å². The number of benzene rings is 2. The predicted molar refractivity (Wildman–Crippen MR) is 95.6 cm³/mol. The van der Waals surface area contributed by atoms with Crippen LogP contribution >= 0.6 is 0 Å². The Morgan fingerprint density at radius 1 is 1.21 bits per heavy atom. The van der Waals surface area contributed by atoms with E-state index in [9.17, 15) is 5.11 Å². The number of hydrogen-bond donors (Lipinski definition) is 2. The second-order valence-corrected chi connectivity index (χ2v) is 6.43. The van der Waals surface area contributed by atoms with Crippen LogP contribution in [0, 0.1) is 0 Å². The molecular weight excluding hydrogens is 300 g/mol. The lowest BCUT2D eigenvalue weighted by molar-refractivity contribution is 0.256. The maximum Gasteiger partial charge on any atom is 0.160 e. The van der Waals surface area contributed by atoms with Gasteiger partial charge in [0.2, 0.25) is 0 Å². The summed E-state index contributed by atoms with van der Waals surface area (Å²) >= 11 is 0. The van der Waals surface area contributed by atoms with Crippen LogP contribution in [-0.2, 0) is 19.4 Å². The minimum Gasteiger partial charge on any atom is -0.504 e. The van der Waals surface area contributed by atoms with Crippen molar-refractivity contribution in [2.45, 2.75) is 19.4 Å². The van der Waals surface area contributed by atoms with E-state index in [0.717, 1.165) is 32.5 Å². The quantitative estimate of drug-likeness (QED) is 0.773. The third kappa shape index (κ3) is 2.74. The van der Waals surface area contributed by atoms with E-state index < -0.39 is 0 Å². The Morgan fingerprint density at radius 3 is 2.96 bits per heavy atom. The number of para-hydroxylation sites is 1. The van der Waals surface area contributed by atoms with E-state index in [4.69, 9.17) is 4.74 Å². The highest BCUT2D eigenvalue weighted by Gasteiger charge is 2.19. The van der Waals surface area contributed by atoms with Crippen molar-refractivity contribution in [1.29, 1.82) is 0 Å². The van der Waals surface area contributed by atoms with E-state index >= 15 is 0 Å². The fourth-order valence-electron chi connectivity index (χ4n) is 3.60. The lowest BCUT2D eigenvalue weighted by Gasteiger charge is -2.29. The number of methoxy groups -OCH3 is 1. The third-order valence-electron chi connectivity index (χ3n) is 4.96. The van der Waals surface area contributed by atoms with Gasteiger partial charge in [-0.1, -0.05) is 18.2 Å². The van der Waals surface area contributed by atoms with Crippen LogP contribution in [0.5, 0.6) is 11.5 Å². The zero-order valence-electron chi connectivity index (χ0n) is 13.9. The number of fused-ring (bicyclic) bond motifs is 2. The molecule has 2 aromatic carbocycles. The van der Waals surface area contributed by atoms with Gasteiger partial charge in [-0.15, -0.1) is 0 Å². The van der Waals surface area contributed by atoms with Crippen LogP contribution in [0.4, 0.5) is 0 Å². The molecule has 3 aromatic rings. The Balaban J connectivity index is 1.46. The molecular formula is C20H22N2O2. The molecule has 0 saturated heterocycles. The van der Waals surface area contributed by atoms with Crippen LogP contribution in [0.15, 0.2) is 42.6 Å². The Morgan fingerprint density at radius 2 is 2.08 bits per heavy atom. The summed E-state index contributed by atoms with van der Waals surface area (Å²) in [5.74, 6) is 0.802. The summed E-state index contributed by atoms with van der Waals surface area (Å²) in [4.78, 5) is 5.80. The topological polar surface area (TPSA) is 48.5 Å². The number of aromatic hydroxyl groups is 1. The average molecular weight is 322 g/mol. The molecule has 124 valence electrons. The van der Waals surface area contributed by atoms with Crippen LogP contribution in [0.1, 0.15) is 16.7 Å². The van der Waals surface area contributed by atoms with E-state index in [2.05, 4.69) is 40.3 Å². The van der Waals surface area contributed by atoms with Crippen LogP contribution < -0.4 is 4.74 Å². The second kappa shape index (κ2) is 6.21. The van der Waals surface area contributed by atoms with Crippen molar-refractivity contribution in [2.75, 3.05) is 20.2 Å². The van der Waals surface area contributed by atoms with Gasteiger partial charge in [0.15, 0.2) is 11.5 Å². The van der Waals surface area contributed by atoms with Gasteiger partial charge >= 0.3 is 0 Å². The molecule has 0 radical (unpaired) electrons. The molecule has 2 heterocycles. The normalized spacial score (nSPS) is 14.7. The number of hydrogen-bond acceptors (Lipinski definition) is 3. The molecule has 0 saturated carbocycles. The first-order valence-electron chi connectivity index (χ1n) is 8.40. The molecule has 1 aliphatic heterocycles. The molecule has 0 amide bonds. The van der Waals surface area contributed by atoms with Crippen LogP contribution in [-0.4, -0.2) is 35.2 Å². The van der Waals surface area contributed by atoms with E-state index in [1.54, 1.807) is 7.11 Å². The molecule has 4 nitrogen and oxygen atoms in total. The first-order valence-corrected chi connectivity index (χ1v) is 8.40. The van der Waals surface area contributed by atoms with Gasteiger partial charge in [0.1, 0.15) is 0 Å². The standard InChI is InChI=1S/C20H22N2O2/c1-24-20-11-14-6-8-22(13-16(14)10-19(20)23)9-7-15-12-21-18-5-3-2-4-17(15)18/h2-5,10-12,21,23H,6-9,13H2,1H3. The number of phenolic OH excluding ortho intramolecular Hbond substituents is 1.